The summed E-state index contributed by atoms with van der Waals surface area (Å²) in [5.74, 6) is -0.660. The van der Waals surface area contributed by atoms with Gasteiger partial charge in [0.25, 0.3) is 10.0 Å². The van der Waals surface area contributed by atoms with E-state index in [1.807, 2.05) is 13.0 Å². The second-order valence-electron chi connectivity index (χ2n) is 6.34. The molecular formula is C19H21Cl2NO4S. The van der Waals surface area contributed by atoms with Crippen LogP contribution in [0.5, 0.6) is 0 Å². The second-order valence-corrected chi connectivity index (χ2v) is 9.02. The Morgan fingerprint density at radius 1 is 1.15 bits per heavy atom. The van der Waals surface area contributed by atoms with Crippen molar-refractivity contribution in [1.82, 2.24) is 0 Å². The molecule has 2 aromatic carbocycles. The number of benzene rings is 2. The van der Waals surface area contributed by atoms with Gasteiger partial charge in [-0.25, -0.2) is 8.42 Å². The molecule has 5 nitrogen and oxygen atoms in total. The molecule has 0 unspecified atom stereocenters. The lowest BCUT2D eigenvalue weighted by atomic mass is 10.1. The molecule has 0 amide bonds. The van der Waals surface area contributed by atoms with Gasteiger partial charge in [0.1, 0.15) is 11.4 Å². The first-order valence-corrected chi connectivity index (χ1v) is 10.5. The molecule has 0 bridgehead atoms. The predicted octanol–water partition coefficient (Wildman–Crippen LogP) is 4.76. The summed E-state index contributed by atoms with van der Waals surface area (Å²) in [7, 11) is -4.16. The van der Waals surface area contributed by atoms with Crippen LogP contribution in [0, 0.1) is 13.8 Å². The summed E-state index contributed by atoms with van der Waals surface area (Å²) in [6.45, 7) is 6.57. The summed E-state index contributed by atoms with van der Waals surface area (Å²) in [4.78, 5) is 12.1. The normalized spacial score (nSPS) is 11.5. The smallest absolute Gasteiger partial charge is 0.327 e. The molecule has 0 spiro atoms. The zero-order chi connectivity index (χ0) is 20.4. The Morgan fingerprint density at radius 3 is 2.44 bits per heavy atom. The highest BCUT2D eigenvalue weighted by Gasteiger charge is 2.31. The van der Waals surface area contributed by atoms with Gasteiger partial charge in [-0.15, -0.1) is 0 Å². The van der Waals surface area contributed by atoms with E-state index in [-0.39, 0.29) is 21.0 Å². The molecule has 0 radical (unpaired) electrons. The third-order valence-electron chi connectivity index (χ3n) is 3.95. The average molecular weight is 430 g/mol. The van der Waals surface area contributed by atoms with E-state index in [1.54, 1.807) is 32.9 Å². The lowest BCUT2D eigenvalue weighted by Crippen LogP contribution is -2.38. The summed E-state index contributed by atoms with van der Waals surface area (Å²) in [5.41, 5.74) is 2.01. The van der Waals surface area contributed by atoms with Gasteiger partial charge in [-0.1, -0.05) is 35.3 Å². The van der Waals surface area contributed by atoms with E-state index in [9.17, 15) is 13.2 Å². The van der Waals surface area contributed by atoms with Crippen molar-refractivity contribution in [3.05, 3.63) is 57.6 Å². The number of aryl methyl sites for hydroxylation is 1. The van der Waals surface area contributed by atoms with Gasteiger partial charge in [0.15, 0.2) is 0 Å². The standard InChI is InChI=1S/C19H21Cl2NO4S/c1-12(2)26-19(23)11-22(17-7-5-6-13(3)14(17)4)27(24,25)18-10-15(20)8-9-16(18)21/h5-10,12H,11H2,1-4H3. The molecule has 8 heteroatoms. The lowest BCUT2D eigenvalue weighted by Gasteiger charge is -2.26. The summed E-state index contributed by atoms with van der Waals surface area (Å²) in [6, 6.07) is 9.41. The average Bonchev–Trinajstić information content (AvgIpc) is 2.57. The molecule has 0 fully saturated rings. The van der Waals surface area contributed by atoms with Crippen LogP contribution in [0.1, 0.15) is 25.0 Å². The lowest BCUT2D eigenvalue weighted by molar-refractivity contribution is -0.145. The van der Waals surface area contributed by atoms with Crippen molar-refractivity contribution in [3.63, 3.8) is 0 Å². The van der Waals surface area contributed by atoms with Crippen LogP contribution in [0.3, 0.4) is 0 Å². The second kappa shape index (κ2) is 8.50. The van der Waals surface area contributed by atoms with Crippen LogP contribution < -0.4 is 4.31 Å². The Kier molecular flexibility index (Phi) is 6.78. The van der Waals surface area contributed by atoms with E-state index in [2.05, 4.69) is 0 Å². The van der Waals surface area contributed by atoms with Gasteiger partial charge < -0.3 is 4.74 Å². The number of hydrogen-bond donors (Lipinski definition) is 0. The van der Waals surface area contributed by atoms with Gasteiger partial charge in [0, 0.05) is 5.02 Å². The molecule has 146 valence electrons. The molecule has 0 saturated heterocycles. The summed E-state index contributed by atoms with van der Waals surface area (Å²) >= 11 is 12.1. The van der Waals surface area contributed by atoms with Crippen LogP contribution in [0.4, 0.5) is 5.69 Å². The first-order chi connectivity index (χ1) is 12.5. The summed E-state index contributed by atoms with van der Waals surface area (Å²) in [5, 5.41) is 0.246. The molecule has 0 atom stereocenters. The van der Waals surface area contributed by atoms with Gasteiger partial charge in [0.05, 0.1) is 16.8 Å². The SMILES string of the molecule is Cc1cccc(N(CC(=O)OC(C)C)S(=O)(=O)c2cc(Cl)ccc2Cl)c1C. The van der Waals surface area contributed by atoms with Crippen molar-refractivity contribution >= 4 is 44.9 Å². The zero-order valence-electron chi connectivity index (χ0n) is 15.5. The molecule has 0 saturated carbocycles. The molecular weight excluding hydrogens is 409 g/mol. The number of ether oxygens (including phenoxy) is 1. The Balaban J connectivity index is 2.62. The number of carbonyl (C=O) groups is 1. The van der Waals surface area contributed by atoms with Crippen LogP contribution in [-0.2, 0) is 19.6 Å². The van der Waals surface area contributed by atoms with Crippen LogP contribution in [0.15, 0.2) is 41.3 Å². The minimum Gasteiger partial charge on any atom is -0.462 e. The van der Waals surface area contributed by atoms with E-state index in [4.69, 9.17) is 27.9 Å². The minimum absolute atomic E-state index is 0.0203. The van der Waals surface area contributed by atoms with Gasteiger partial charge in [-0.3, -0.25) is 9.10 Å². The Morgan fingerprint density at radius 2 is 1.81 bits per heavy atom. The van der Waals surface area contributed by atoms with Crippen LogP contribution >= 0.6 is 23.2 Å². The van der Waals surface area contributed by atoms with Crippen LogP contribution in [-0.4, -0.2) is 27.0 Å². The van der Waals surface area contributed by atoms with E-state index in [1.165, 1.54) is 18.2 Å². The van der Waals surface area contributed by atoms with Crippen molar-refractivity contribution in [1.29, 1.82) is 0 Å². The van der Waals surface area contributed by atoms with Crippen LogP contribution in [0.2, 0.25) is 10.0 Å². The quantitative estimate of drug-likeness (QED) is 0.620. The number of hydrogen-bond acceptors (Lipinski definition) is 4. The van der Waals surface area contributed by atoms with Crippen molar-refractivity contribution in [2.75, 3.05) is 10.8 Å². The molecule has 0 heterocycles. The zero-order valence-corrected chi connectivity index (χ0v) is 17.8. The van der Waals surface area contributed by atoms with Crippen LogP contribution in [0.25, 0.3) is 0 Å². The van der Waals surface area contributed by atoms with Crippen molar-refractivity contribution in [3.8, 4) is 0 Å². The van der Waals surface area contributed by atoms with Gasteiger partial charge in [0.2, 0.25) is 0 Å². The fraction of sp³-hybridized carbons (Fsp3) is 0.316. The molecule has 2 rings (SSSR count). The minimum atomic E-state index is -4.16. The summed E-state index contributed by atoms with van der Waals surface area (Å²) in [6.07, 6.45) is -0.365. The molecule has 0 aliphatic carbocycles. The summed E-state index contributed by atoms with van der Waals surface area (Å²) < 4.78 is 32.9. The molecule has 0 N–H and O–H groups in total. The molecule has 0 aromatic heterocycles. The third kappa shape index (κ3) is 4.94. The highest BCUT2D eigenvalue weighted by molar-refractivity contribution is 7.93. The highest BCUT2D eigenvalue weighted by atomic mass is 35.5. The van der Waals surface area contributed by atoms with E-state index >= 15 is 0 Å². The Bertz CT molecular complexity index is 958. The molecule has 0 aliphatic heterocycles. The topological polar surface area (TPSA) is 63.7 Å². The number of sulfonamides is 1. The Hall–Kier alpha value is -1.76. The third-order valence-corrected chi connectivity index (χ3v) is 6.42. The largest absolute Gasteiger partial charge is 0.462 e. The van der Waals surface area contributed by atoms with Crippen molar-refractivity contribution in [2.45, 2.75) is 38.7 Å². The highest BCUT2D eigenvalue weighted by Crippen LogP contribution is 2.33. The number of rotatable bonds is 6. The van der Waals surface area contributed by atoms with Gasteiger partial charge in [-0.05, 0) is 63.1 Å². The number of anilines is 1. The maximum absolute atomic E-state index is 13.4. The number of nitrogens with zero attached hydrogens (tertiary/aromatic N) is 1. The number of esters is 1. The molecule has 0 aliphatic rings. The molecule has 2 aromatic rings. The van der Waals surface area contributed by atoms with Crippen molar-refractivity contribution < 1.29 is 17.9 Å². The first kappa shape index (κ1) is 21.5. The predicted molar refractivity (Wildman–Crippen MR) is 108 cm³/mol. The fourth-order valence-corrected chi connectivity index (χ4v) is 4.72. The van der Waals surface area contributed by atoms with Gasteiger partial charge >= 0.3 is 5.97 Å². The Labute approximate surface area is 169 Å². The maximum atomic E-state index is 13.4. The van der Waals surface area contributed by atoms with E-state index in [0.717, 1.165) is 15.4 Å². The van der Waals surface area contributed by atoms with Crippen molar-refractivity contribution in [2.24, 2.45) is 0 Å². The number of halogens is 2. The van der Waals surface area contributed by atoms with E-state index in [0.29, 0.717) is 5.69 Å². The maximum Gasteiger partial charge on any atom is 0.327 e. The number of carbonyl (C=O) groups excluding carboxylic acids is 1. The van der Waals surface area contributed by atoms with Gasteiger partial charge in [-0.2, -0.15) is 0 Å². The first-order valence-electron chi connectivity index (χ1n) is 8.27. The van der Waals surface area contributed by atoms with E-state index < -0.39 is 22.5 Å². The fourth-order valence-electron chi connectivity index (χ4n) is 2.52. The monoisotopic (exact) mass is 429 g/mol. The molecule has 27 heavy (non-hydrogen) atoms.